The minimum absolute atomic E-state index is 0.120. The fraction of sp³-hybridized carbons (Fsp3) is 0.778. The van der Waals surface area contributed by atoms with Crippen LogP contribution >= 0.6 is 0 Å². The molecule has 3 nitrogen and oxygen atoms in total. The Labute approximate surface area is 74.0 Å². The van der Waals surface area contributed by atoms with Gasteiger partial charge in [-0.25, -0.2) is 0 Å². The number of nitrogens with one attached hydrogen (secondary N) is 1. The van der Waals surface area contributed by atoms with Gasteiger partial charge in [0.15, 0.2) is 0 Å². The van der Waals surface area contributed by atoms with Crippen molar-refractivity contribution in [3.63, 3.8) is 0 Å². The zero-order chi connectivity index (χ0) is 9.03. The number of ether oxygens (including phenoxy) is 1. The van der Waals surface area contributed by atoms with Gasteiger partial charge in [0, 0.05) is 25.7 Å². The lowest BCUT2D eigenvalue weighted by Crippen LogP contribution is -2.62. The third-order valence-corrected chi connectivity index (χ3v) is 2.58. The van der Waals surface area contributed by atoms with Crippen LogP contribution < -0.4 is 11.1 Å². The molecule has 0 bridgehead atoms. The van der Waals surface area contributed by atoms with Crippen molar-refractivity contribution in [2.24, 2.45) is 5.73 Å². The van der Waals surface area contributed by atoms with Crippen LogP contribution in [0.25, 0.3) is 0 Å². The van der Waals surface area contributed by atoms with Gasteiger partial charge in [0.1, 0.15) is 0 Å². The van der Waals surface area contributed by atoms with E-state index in [0.29, 0.717) is 12.6 Å². The smallest absolute Gasteiger partial charge is 0.0607 e. The fourth-order valence-corrected chi connectivity index (χ4v) is 1.65. The molecule has 0 spiro atoms. The van der Waals surface area contributed by atoms with Crippen molar-refractivity contribution in [1.82, 2.24) is 5.32 Å². The van der Waals surface area contributed by atoms with Crippen LogP contribution in [0.5, 0.6) is 0 Å². The fourth-order valence-electron chi connectivity index (χ4n) is 1.65. The lowest BCUT2D eigenvalue weighted by molar-refractivity contribution is -0.0250. The van der Waals surface area contributed by atoms with Crippen molar-refractivity contribution in [1.29, 1.82) is 0 Å². The second-order valence-corrected chi connectivity index (χ2v) is 3.42. The summed E-state index contributed by atoms with van der Waals surface area (Å²) >= 11 is 0. The summed E-state index contributed by atoms with van der Waals surface area (Å²) in [7, 11) is 1.75. The number of rotatable bonds is 5. The van der Waals surface area contributed by atoms with Crippen LogP contribution in [-0.4, -0.2) is 31.8 Å². The van der Waals surface area contributed by atoms with Crippen molar-refractivity contribution >= 4 is 0 Å². The van der Waals surface area contributed by atoms with Crippen molar-refractivity contribution in [3.05, 3.63) is 12.7 Å². The molecule has 3 heteroatoms. The molecule has 0 aromatic heterocycles. The number of methoxy groups -OCH3 is 1. The molecule has 1 fully saturated rings. The van der Waals surface area contributed by atoms with Crippen LogP contribution in [0.3, 0.4) is 0 Å². The van der Waals surface area contributed by atoms with Crippen molar-refractivity contribution in [3.8, 4) is 0 Å². The second-order valence-electron chi connectivity index (χ2n) is 3.42. The SMILES string of the molecule is C=CCNC1(CN)CC(OC)C1. The number of nitrogens with two attached hydrogens (primary N) is 1. The maximum Gasteiger partial charge on any atom is 0.0607 e. The van der Waals surface area contributed by atoms with Gasteiger partial charge in [-0.2, -0.15) is 0 Å². The van der Waals surface area contributed by atoms with E-state index in [1.807, 2.05) is 6.08 Å². The van der Waals surface area contributed by atoms with Crippen LogP contribution in [0.4, 0.5) is 0 Å². The number of hydrogen-bond acceptors (Lipinski definition) is 3. The van der Waals surface area contributed by atoms with E-state index >= 15 is 0 Å². The Kier molecular flexibility index (Phi) is 3.26. The predicted molar refractivity (Wildman–Crippen MR) is 50.0 cm³/mol. The van der Waals surface area contributed by atoms with Crippen molar-refractivity contribution < 1.29 is 4.74 Å². The van der Waals surface area contributed by atoms with E-state index in [4.69, 9.17) is 10.5 Å². The zero-order valence-corrected chi connectivity index (χ0v) is 7.68. The van der Waals surface area contributed by atoms with Gasteiger partial charge in [0.25, 0.3) is 0 Å². The molecule has 0 heterocycles. The quantitative estimate of drug-likeness (QED) is 0.582. The maximum absolute atomic E-state index is 5.67. The van der Waals surface area contributed by atoms with E-state index in [2.05, 4.69) is 11.9 Å². The third kappa shape index (κ3) is 1.86. The highest BCUT2D eigenvalue weighted by molar-refractivity contribution is 5.03. The first-order chi connectivity index (χ1) is 5.76. The molecule has 0 saturated heterocycles. The maximum atomic E-state index is 5.67. The first-order valence-electron chi connectivity index (χ1n) is 4.35. The summed E-state index contributed by atoms with van der Waals surface area (Å²) in [4.78, 5) is 0. The van der Waals surface area contributed by atoms with Gasteiger partial charge in [-0.1, -0.05) is 6.08 Å². The Bertz CT molecular complexity index is 153. The van der Waals surface area contributed by atoms with Gasteiger partial charge < -0.3 is 15.8 Å². The lowest BCUT2D eigenvalue weighted by atomic mass is 9.74. The molecule has 0 unspecified atom stereocenters. The van der Waals surface area contributed by atoms with Gasteiger partial charge in [-0.3, -0.25) is 0 Å². The van der Waals surface area contributed by atoms with Gasteiger partial charge in [0.2, 0.25) is 0 Å². The first-order valence-corrected chi connectivity index (χ1v) is 4.35. The average Bonchev–Trinajstić information content (AvgIpc) is 2.04. The molecule has 0 aliphatic heterocycles. The van der Waals surface area contributed by atoms with Gasteiger partial charge in [0.05, 0.1) is 6.10 Å². The monoisotopic (exact) mass is 170 g/mol. The molecule has 12 heavy (non-hydrogen) atoms. The second kappa shape index (κ2) is 4.03. The largest absolute Gasteiger partial charge is 0.381 e. The molecular weight excluding hydrogens is 152 g/mol. The highest BCUT2D eigenvalue weighted by Crippen LogP contribution is 2.33. The lowest BCUT2D eigenvalue weighted by Gasteiger charge is -2.46. The highest BCUT2D eigenvalue weighted by atomic mass is 16.5. The predicted octanol–water partition coefficient (Wildman–Crippen LogP) is 0.268. The van der Waals surface area contributed by atoms with Gasteiger partial charge in [-0.05, 0) is 12.8 Å². The molecule has 1 saturated carbocycles. The van der Waals surface area contributed by atoms with E-state index in [0.717, 1.165) is 19.4 Å². The molecule has 0 amide bonds. The molecule has 3 N–H and O–H groups in total. The van der Waals surface area contributed by atoms with Crippen LogP contribution in [0.15, 0.2) is 12.7 Å². The van der Waals surface area contributed by atoms with E-state index in [-0.39, 0.29) is 5.54 Å². The molecule has 0 atom stereocenters. The zero-order valence-electron chi connectivity index (χ0n) is 7.68. The summed E-state index contributed by atoms with van der Waals surface area (Å²) in [5.74, 6) is 0. The molecule has 0 aromatic rings. The number of hydrogen-bond donors (Lipinski definition) is 2. The van der Waals surface area contributed by atoms with Crippen LogP contribution in [-0.2, 0) is 4.74 Å². The van der Waals surface area contributed by atoms with Crippen molar-refractivity contribution in [2.75, 3.05) is 20.2 Å². The van der Waals surface area contributed by atoms with Crippen LogP contribution in [0, 0.1) is 0 Å². The average molecular weight is 170 g/mol. The molecule has 1 rings (SSSR count). The summed E-state index contributed by atoms with van der Waals surface area (Å²) in [5, 5.41) is 3.37. The van der Waals surface area contributed by atoms with E-state index in [1.165, 1.54) is 0 Å². The summed E-state index contributed by atoms with van der Waals surface area (Å²) in [6.45, 7) is 5.17. The minimum Gasteiger partial charge on any atom is -0.381 e. The molecule has 70 valence electrons. The summed E-state index contributed by atoms with van der Waals surface area (Å²) < 4.78 is 5.20. The normalized spacial score (nSPS) is 34.3. The molecule has 0 aromatic carbocycles. The van der Waals surface area contributed by atoms with Crippen molar-refractivity contribution in [2.45, 2.75) is 24.5 Å². The highest BCUT2D eigenvalue weighted by Gasteiger charge is 2.42. The van der Waals surface area contributed by atoms with E-state index in [9.17, 15) is 0 Å². The Morgan fingerprint density at radius 2 is 2.42 bits per heavy atom. The van der Waals surface area contributed by atoms with E-state index < -0.39 is 0 Å². The van der Waals surface area contributed by atoms with Crippen LogP contribution in [0.1, 0.15) is 12.8 Å². The Hall–Kier alpha value is -0.380. The standard InChI is InChI=1S/C9H18N2O/c1-3-4-11-9(7-10)5-8(6-9)12-2/h3,8,11H,1,4-7,10H2,2H3. The van der Waals surface area contributed by atoms with Gasteiger partial charge >= 0.3 is 0 Å². The minimum atomic E-state index is 0.120. The van der Waals surface area contributed by atoms with E-state index in [1.54, 1.807) is 7.11 Å². The topological polar surface area (TPSA) is 47.3 Å². The Balaban J connectivity index is 2.30. The molecule has 1 aliphatic rings. The van der Waals surface area contributed by atoms with Gasteiger partial charge in [-0.15, -0.1) is 6.58 Å². The Morgan fingerprint density at radius 1 is 1.75 bits per heavy atom. The molecule has 1 aliphatic carbocycles. The summed E-state index contributed by atoms with van der Waals surface area (Å²) in [6, 6.07) is 0. The summed E-state index contributed by atoms with van der Waals surface area (Å²) in [6.07, 6.45) is 4.30. The third-order valence-electron chi connectivity index (χ3n) is 2.58. The Morgan fingerprint density at radius 3 is 2.83 bits per heavy atom. The van der Waals surface area contributed by atoms with Crippen LogP contribution in [0.2, 0.25) is 0 Å². The molecule has 0 radical (unpaired) electrons. The summed E-state index contributed by atoms with van der Waals surface area (Å²) in [5.41, 5.74) is 5.79. The first kappa shape index (κ1) is 9.71. The molecular formula is C9H18N2O.